The first kappa shape index (κ1) is 17.9. The molecule has 1 heterocycles. The number of rotatable bonds is 7. The van der Waals surface area contributed by atoms with Gasteiger partial charge in [-0.25, -0.2) is 9.78 Å². The molecule has 0 aliphatic heterocycles. The zero-order valence-corrected chi connectivity index (χ0v) is 15.5. The van der Waals surface area contributed by atoms with Crippen molar-refractivity contribution in [3.8, 4) is 16.3 Å². The molecule has 0 atom stereocenters. The van der Waals surface area contributed by atoms with E-state index in [9.17, 15) is 4.79 Å². The van der Waals surface area contributed by atoms with Crippen molar-refractivity contribution in [2.24, 2.45) is 5.92 Å². The predicted molar refractivity (Wildman–Crippen MR) is 101 cm³/mol. The number of nitrogens with zero attached hydrogens (tertiary/aromatic N) is 1. The fourth-order valence-corrected chi connectivity index (χ4v) is 4.36. The smallest absolute Gasteiger partial charge is 0.347 e. The fraction of sp³-hybridized carbons (Fsp3) is 0.500. The lowest BCUT2D eigenvalue weighted by molar-refractivity contribution is 0.0701. The quantitative estimate of drug-likeness (QED) is 0.658. The minimum Gasteiger partial charge on any atom is -0.494 e. The van der Waals surface area contributed by atoms with Crippen molar-refractivity contribution in [1.82, 2.24) is 4.98 Å². The third-order valence-corrected chi connectivity index (χ3v) is 6.04. The Morgan fingerprint density at radius 1 is 1.24 bits per heavy atom. The van der Waals surface area contributed by atoms with Gasteiger partial charge >= 0.3 is 5.97 Å². The molecule has 0 unspecified atom stereocenters. The zero-order valence-electron chi connectivity index (χ0n) is 14.7. The summed E-state index contributed by atoms with van der Waals surface area (Å²) in [5, 5.41) is 9.87. The Morgan fingerprint density at radius 3 is 2.60 bits per heavy atom. The van der Waals surface area contributed by atoms with Gasteiger partial charge in [0.2, 0.25) is 0 Å². The van der Waals surface area contributed by atoms with Crippen LogP contribution < -0.4 is 4.74 Å². The van der Waals surface area contributed by atoms with Crippen molar-refractivity contribution >= 4 is 17.3 Å². The Balaban J connectivity index is 1.50. The first-order valence-electron chi connectivity index (χ1n) is 9.07. The van der Waals surface area contributed by atoms with Crippen molar-refractivity contribution in [1.29, 1.82) is 0 Å². The molecule has 4 nitrogen and oxygen atoms in total. The molecule has 1 aromatic heterocycles. The Hall–Kier alpha value is -1.88. The maximum Gasteiger partial charge on any atom is 0.347 e. The second-order valence-electron chi connectivity index (χ2n) is 6.76. The normalized spacial score (nSPS) is 15.2. The Kier molecular flexibility index (Phi) is 6.08. The number of carboxylic acids is 1. The minimum atomic E-state index is -0.917. The number of aromatic nitrogens is 1. The fourth-order valence-electron chi connectivity index (χ4n) is 3.45. The van der Waals surface area contributed by atoms with E-state index in [0.717, 1.165) is 35.3 Å². The van der Waals surface area contributed by atoms with Crippen LogP contribution in [0.25, 0.3) is 10.6 Å². The summed E-state index contributed by atoms with van der Waals surface area (Å²) in [6.07, 6.45) is 9.36. The van der Waals surface area contributed by atoms with Crippen LogP contribution in [0.5, 0.6) is 5.75 Å². The van der Waals surface area contributed by atoms with Gasteiger partial charge in [-0.2, -0.15) is 0 Å². The SMILES string of the molecule is Cc1nc(-c2ccc(OCCCC3CCCCC3)cc2)sc1C(=O)O. The molecule has 1 aromatic carbocycles. The molecular weight excluding hydrogens is 334 g/mol. The lowest BCUT2D eigenvalue weighted by Crippen LogP contribution is -2.08. The molecule has 0 spiro atoms. The van der Waals surface area contributed by atoms with E-state index >= 15 is 0 Å². The number of hydrogen-bond donors (Lipinski definition) is 1. The van der Waals surface area contributed by atoms with E-state index in [2.05, 4.69) is 4.98 Å². The molecule has 1 N–H and O–H groups in total. The van der Waals surface area contributed by atoms with Crippen LogP contribution in [0.15, 0.2) is 24.3 Å². The van der Waals surface area contributed by atoms with Gasteiger partial charge < -0.3 is 9.84 Å². The summed E-state index contributed by atoms with van der Waals surface area (Å²) < 4.78 is 5.84. The van der Waals surface area contributed by atoms with Crippen molar-refractivity contribution in [3.63, 3.8) is 0 Å². The number of ether oxygens (including phenoxy) is 1. The van der Waals surface area contributed by atoms with Gasteiger partial charge in [-0.05, 0) is 49.9 Å². The van der Waals surface area contributed by atoms with Crippen molar-refractivity contribution in [3.05, 3.63) is 34.8 Å². The lowest BCUT2D eigenvalue weighted by Gasteiger charge is -2.21. The monoisotopic (exact) mass is 359 g/mol. The highest BCUT2D eigenvalue weighted by Gasteiger charge is 2.15. The first-order chi connectivity index (χ1) is 12.1. The van der Waals surface area contributed by atoms with Gasteiger partial charge in [0.05, 0.1) is 12.3 Å². The van der Waals surface area contributed by atoms with Crippen molar-refractivity contribution in [2.75, 3.05) is 6.61 Å². The largest absolute Gasteiger partial charge is 0.494 e. The summed E-state index contributed by atoms with van der Waals surface area (Å²) >= 11 is 1.21. The van der Waals surface area contributed by atoms with E-state index in [0.29, 0.717) is 10.6 Å². The number of thiazole rings is 1. The van der Waals surface area contributed by atoms with E-state index in [4.69, 9.17) is 9.84 Å². The molecule has 1 aliphatic carbocycles. The van der Waals surface area contributed by atoms with Crippen LogP contribution >= 0.6 is 11.3 Å². The number of hydrogen-bond acceptors (Lipinski definition) is 4. The summed E-state index contributed by atoms with van der Waals surface area (Å²) in [7, 11) is 0. The second kappa shape index (κ2) is 8.48. The van der Waals surface area contributed by atoms with Gasteiger partial charge in [-0.1, -0.05) is 32.1 Å². The van der Waals surface area contributed by atoms with Crippen LogP contribution in [0, 0.1) is 12.8 Å². The third-order valence-electron chi connectivity index (χ3n) is 4.84. The van der Waals surface area contributed by atoms with Gasteiger partial charge in [0, 0.05) is 5.56 Å². The van der Waals surface area contributed by atoms with E-state index in [1.165, 1.54) is 49.9 Å². The Bertz CT molecular complexity index is 702. The van der Waals surface area contributed by atoms with Crippen molar-refractivity contribution < 1.29 is 14.6 Å². The third kappa shape index (κ3) is 4.82. The number of aryl methyl sites for hydroxylation is 1. The molecule has 1 aliphatic rings. The molecular formula is C20H25NO3S. The standard InChI is InChI=1S/C20H25NO3S/c1-14-18(20(22)23)25-19(21-14)16-9-11-17(12-10-16)24-13-5-8-15-6-3-2-4-7-15/h9-12,15H,2-8,13H2,1H3,(H,22,23). The maximum atomic E-state index is 11.1. The number of aromatic carboxylic acids is 1. The molecule has 0 amide bonds. The van der Waals surface area contributed by atoms with Gasteiger partial charge in [0.15, 0.2) is 0 Å². The summed E-state index contributed by atoms with van der Waals surface area (Å²) in [4.78, 5) is 15.8. The molecule has 3 rings (SSSR count). The second-order valence-corrected chi connectivity index (χ2v) is 7.76. The molecule has 5 heteroatoms. The Morgan fingerprint density at radius 2 is 1.96 bits per heavy atom. The molecule has 134 valence electrons. The van der Waals surface area contributed by atoms with Crippen LogP contribution in [0.2, 0.25) is 0 Å². The topological polar surface area (TPSA) is 59.4 Å². The highest BCUT2D eigenvalue weighted by molar-refractivity contribution is 7.17. The van der Waals surface area contributed by atoms with E-state index in [1.54, 1.807) is 6.92 Å². The van der Waals surface area contributed by atoms with Crippen LogP contribution in [-0.2, 0) is 0 Å². The Labute approximate surface area is 152 Å². The molecule has 0 bridgehead atoms. The average molecular weight is 359 g/mol. The molecule has 1 fully saturated rings. The van der Waals surface area contributed by atoms with Gasteiger partial charge in [-0.15, -0.1) is 11.3 Å². The van der Waals surface area contributed by atoms with Crippen LogP contribution in [-0.4, -0.2) is 22.7 Å². The van der Waals surface area contributed by atoms with Crippen LogP contribution in [0.1, 0.15) is 60.3 Å². The number of carbonyl (C=O) groups is 1. The number of carboxylic acid groups (broad SMARTS) is 1. The predicted octanol–water partition coefficient (Wildman–Crippen LogP) is 5.56. The van der Waals surface area contributed by atoms with Crippen molar-refractivity contribution in [2.45, 2.75) is 51.9 Å². The van der Waals surface area contributed by atoms with E-state index in [1.807, 2.05) is 24.3 Å². The maximum absolute atomic E-state index is 11.1. The minimum absolute atomic E-state index is 0.304. The number of benzene rings is 1. The average Bonchev–Trinajstić information content (AvgIpc) is 3.02. The highest BCUT2D eigenvalue weighted by Crippen LogP contribution is 2.30. The van der Waals surface area contributed by atoms with E-state index in [-0.39, 0.29) is 0 Å². The molecule has 0 radical (unpaired) electrons. The summed E-state index contributed by atoms with van der Waals surface area (Å²) in [5.74, 6) is 0.842. The zero-order chi connectivity index (χ0) is 17.6. The van der Waals surface area contributed by atoms with Gasteiger partial charge in [0.25, 0.3) is 0 Å². The van der Waals surface area contributed by atoms with E-state index < -0.39 is 5.97 Å². The molecule has 2 aromatic rings. The van der Waals surface area contributed by atoms with Crippen LogP contribution in [0.4, 0.5) is 0 Å². The van der Waals surface area contributed by atoms with Crippen LogP contribution in [0.3, 0.4) is 0 Å². The summed E-state index contributed by atoms with van der Waals surface area (Å²) in [6.45, 7) is 2.49. The molecule has 1 saturated carbocycles. The molecule has 25 heavy (non-hydrogen) atoms. The summed E-state index contributed by atoms with van der Waals surface area (Å²) in [5.41, 5.74) is 1.49. The molecule has 0 saturated heterocycles. The van der Waals surface area contributed by atoms with Gasteiger partial charge in [-0.3, -0.25) is 0 Å². The van der Waals surface area contributed by atoms with Gasteiger partial charge in [0.1, 0.15) is 15.6 Å². The lowest BCUT2D eigenvalue weighted by atomic mass is 9.86. The summed E-state index contributed by atoms with van der Waals surface area (Å²) in [6, 6.07) is 7.76. The highest BCUT2D eigenvalue weighted by atomic mass is 32.1. The first-order valence-corrected chi connectivity index (χ1v) is 9.89.